The number of halogens is 2. The number of aliphatic carboxylic acids is 1. The molecule has 0 radical (unpaired) electrons. The van der Waals surface area contributed by atoms with E-state index in [2.05, 4.69) is 5.32 Å². The van der Waals surface area contributed by atoms with Gasteiger partial charge in [0.15, 0.2) is 0 Å². The number of carbonyl (C=O) groups is 2. The second-order valence-corrected chi connectivity index (χ2v) is 6.43. The fourth-order valence-electron chi connectivity index (χ4n) is 1.67. The SMILES string of the molecule is CC(C)(C)[C@H](NC(=O)/C=C/c1c(Cl)cccc1Cl)C(=O)O. The van der Waals surface area contributed by atoms with Crippen molar-refractivity contribution in [1.29, 1.82) is 0 Å². The van der Waals surface area contributed by atoms with Gasteiger partial charge >= 0.3 is 5.97 Å². The van der Waals surface area contributed by atoms with Crippen molar-refractivity contribution in [1.82, 2.24) is 5.32 Å². The van der Waals surface area contributed by atoms with Crippen LogP contribution in [0.4, 0.5) is 0 Å². The zero-order valence-corrected chi connectivity index (χ0v) is 13.5. The van der Waals surface area contributed by atoms with Gasteiger partial charge in [-0.15, -0.1) is 0 Å². The summed E-state index contributed by atoms with van der Waals surface area (Å²) < 4.78 is 0. The largest absolute Gasteiger partial charge is 0.480 e. The third-order valence-electron chi connectivity index (χ3n) is 2.80. The van der Waals surface area contributed by atoms with Gasteiger partial charge in [0, 0.05) is 21.7 Å². The van der Waals surface area contributed by atoms with E-state index < -0.39 is 23.3 Å². The van der Waals surface area contributed by atoms with Gasteiger partial charge in [-0.2, -0.15) is 0 Å². The smallest absolute Gasteiger partial charge is 0.326 e. The second-order valence-electron chi connectivity index (χ2n) is 5.61. The lowest BCUT2D eigenvalue weighted by molar-refractivity contribution is -0.144. The molecule has 114 valence electrons. The molecule has 1 amide bonds. The van der Waals surface area contributed by atoms with Crippen LogP contribution in [0.25, 0.3) is 6.08 Å². The fraction of sp³-hybridized carbons (Fsp3) is 0.333. The molecule has 0 bridgehead atoms. The Labute approximate surface area is 133 Å². The minimum atomic E-state index is -1.08. The van der Waals surface area contributed by atoms with Crippen molar-refractivity contribution >= 4 is 41.2 Å². The first-order chi connectivity index (χ1) is 9.62. The molecular weight excluding hydrogens is 313 g/mol. The third kappa shape index (κ3) is 5.06. The van der Waals surface area contributed by atoms with Crippen LogP contribution in [0.5, 0.6) is 0 Å². The normalized spacial score (nSPS) is 13.2. The van der Waals surface area contributed by atoms with E-state index in [0.29, 0.717) is 15.6 Å². The minimum Gasteiger partial charge on any atom is -0.480 e. The van der Waals surface area contributed by atoms with Crippen LogP contribution in [0.2, 0.25) is 10.0 Å². The predicted octanol–water partition coefficient (Wildman–Crippen LogP) is 3.62. The number of benzene rings is 1. The lowest BCUT2D eigenvalue weighted by atomic mass is 9.87. The summed E-state index contributed by atoms with van der Waals surface area (Å²) in [6.45, 7) is 5.21. The number of carboxylic acid groups (broad SMARTS) is 1. The molecule has 0 aliphatic rings. The van der Waals surface area contributed by atoms with Gasteiger partial charge in [0.25, 0.3) is 0 Å². The van der Waals surface area contributed by atoms with Crippen molar-refractivity contribution in [3.8, 4) is 0 Å². The van der Waals surface area contributed by atoms with Crippen LogP contribution in [0.15, 0.2) is 24.3 Å². The Morgan fingerprint density at radius 2 is 1.76 bits per heavy atom. The highest BCUT2D eigenvalue weighted by molar-refractivity contribution is 6.37. The molecular formula is C15H17Cl2NO3. The molecule has 1 aromatic rings. The molecule has 0 fully saturated rings. The van der Waals surface area contributed by atoms with Crippen LogP contribution in [-0.4, -0.2) is 23.0 Å². The highest BCUT2D eigenvalue weighted by Gasteiger charge is 2.31. The van der Waals surface area contributed by atoms with Crippen molar-refractivity contribution < 1.29 is 14.7 Å². The zero-order valence-electron chi connectivity index (χ0n) is 12.0. The van der Waals surface area contributed by atoms with Crippen molar-refractivity contribution in [2.24, 2.45) is 5.41 Å². The second kappa shape index (κ2) is 6.96. The van der Waals surface area contributed by atoms with Gasteiger partial charge in [-0.05, 0) is 23.6 Å². The Balaban J connectivity index is 2.86. The number of rotatable bonds is 4. The number of nitrogens with one attached hydrogen (secondary N) is 1. The first kappa shape index (κ1) is 17.5. The molecule has 1 aromatic carbocycles. The molecule has 0 unspecified atom stereocenters. The quantitative estimate of drug-likeness (QED) is 0.829. The van der Waals surface area contributed by atoms with Crippen molar-refractivity contribution in [3.63, 3.8) is 0 Å². The molecule has 0 saturated carbocycles. The predicted molar refractivity (Wildman–Crippen MR) is 84.5 cm³/mol. The van der Waals surface area contributed by atoms with Crippen molar-refractivity contribution in [3.05, 3.63) is 39.9 Å². The number of hydrogen-bond acceptors (Lipinski definition) is 2. The first-order valence-corrected chi connectivity index (χ1v) is 7.04. The lowest BCUT2D eigenvalue weighted by Gasteiger charge is -2.27. The molecule has 6 heteroatoms. The average Bonchev–Trinajstić information content (AvgIpc) is 2.33. The van der Waals surface area contributed by atoms with Gasteiger partial charge in [-0.25, -0.2) is 4.79 Å². The maximum atomic E-state index is 11.9. The molecule has 0 heterocycles. The Hall–Kier alpha value is -1.52. The Morgan fingerprint density at radius 1 is 1.24 bits per heavy atom. The Kier molecular flexibility index (Phi) is 5.81. The molecule has 0 aromatic heterocycles. The van der Waals surface area contributed by atoms with Gasteiger partial charge in [0.05, 0.1) is 0 Å². The Morgan fingerprint density at radius 3 is 2.19 bits per heavy atom. The summed E-state index contributed by atoms with van der Waals surface area (Å²) in [4.78, 5) is 23.0. The van der Waals surface area contributed by atoms with Gasteiger partial charge in [-0.3, -0.25) is 4.79 Å². The van der Waals surface area contributed by atoms with Gasteiger partial charge in [-0.1, -0.05) is 50.0 Å². The molecule has 0 aliphatic carbocycles. The van der Waals surface area contributed by atoms with Gasteiger partial charge in [0.2, 0.25) is 5.91 Å². The number of carboxylic acids is 1. The standard InChI is InChI=1S/C15H17Cl2NO3/c1-15(2,3)13(14(20)21)18-12(19)8-7-9-10(16)5-4-6-11(9)17/h4-8,13H,1-3H3,(H,18,19)(H,20,21)/b8-7+/t13-/m1/s1. The maximum Gasteiger partial charge on any atom is 0.326 e. The highest BCUT2D eigenvalue weighted by atomic mass is 35.5. The third-order valence-corrected chi connectivity index (χ3v) is 3.46. The summed E-state index contributed by atoms with van der Waals surface area (Å²) >= 11 is 12.0. The highest BCUT2D eigenvalue weighted by Crippen LogP contribution is 2.25. The molecule has 4 nitrogen and oxygen atoms in total. The summed E-state index contributed by atoms with van der Waals surface area (Å²) in [5, 5.41) is 12.4. The van der Waals surface area contributed by atoms with Crippen LogP contribution >= 0.6 is 23.2 Å². The van der Waals surface area contributed by atoms with Crippen LogP contribution in [0.1, 0.15) is 26.3 Å². The van der Waals surface area contributed by atoms with Crippen LogP contribution in [-0.2, 0) is 9.59 Å². The topological polar surface area (TPSA) is 66.4 Å². The number of hydrogen-bond donors (Lipinski definition) is 2. The van der Waals surface area contributed by atoms with E-state index in [0.717, 1.165) is 0 Å². The van der Waals surface area contributed by atoms with Crippen LogP contribution in [0.3, 0.4) is 0 Å². The molecule has 0 saturated heterocycles. The molecule has 0 spiro atoms. The monoisotopic (exact) mass is 329 g/mol. The summed E-state index contributed by atoms with van der Waals surface area (Å²) in [6, 6.07) is 4.01. The van der Waals surface area contributed by atoms with Crippen molar-refractivity contribution in [2.75, 3.05) is 0 Å². The maximum absolute atomic E-state index is 11.9. The van der Waals surface area contributed by atoms with E-state index in [1.54, 1.807) is 39.0 Å². The van der Waals surface area contributed by atoms with E-state index in [1.165, 1.54) is 12.2 Å². The summed E-state index contributed by atoms with van der Waals surface area (Å²) in [5.41, 5.74) is -0.0872. The Bertz CT molecular complexity index is 557. The fourth-order valence-corrected chi connectivity index (χ4v) is 2.19. The molecule has 1 atom stereocenters. The van der Waals surface area contributed by atoms with Crippen LogP contribution in [0, 0.1) is 5.41 Å². The van der Waals surface area contributed by atoms with E-state index in [-0.39, 0.29) is 0 Å². The zero-order chi connectivity index (χ0) is 16.2. The molecule has 1 rings (SSSR count). The molecule has 2 N–H and O–H groups in total. The summed E-state index contributed by atoms with van der Waals surface area (Å²) in [5.74, 6) is -1.60. The van der Waals surface area contributed by atoms with Crippen LogP contribution < -0.4 is 5.32 Å². The van der Waals surface area contributed by atoms with E-state index in [1.807, 2.05) is 0 Å². The van der Waals surface area contributed by atoms with E-state index >= 15 is 0 Å². The van der Waals surface area contributed by atoms with Gasteiger partial charge in [0.1, 0.15) is 6.04 Å². The summed E-state index contributed by atoms with van der Waals surface area (Å²) in [6.07, 6.45) is 2.68. The van der Waals surface area contributed by atoms with Gasteiger partial charge < -0.3 is 10.4 Å². The first-order valence-electron chi connectivity index (χ1n) is 6.28. The lowest BCUT2D eigenvalue weighted by Crippen LogP contribution is -2.48. The average molecular weight is 330 g/mol. The van der Waals surface area contributed by atoms with E-state index in [9.17, 15) is 9.59 Å². The molecule has 21 heavy (non-hydrogen) atoms. The summed E-state index contributed by atoms with van der Waals surface area (Å²) in [7, 11) is 0. The number of carbonyl (C=O) groups excluding carboxylic acids is 1. The van der Waals surface area contributed by atoms with E-state index in [4.69, 9.17) is 28.3 Å². The minimum absolute atomic E-state index is 0.414. The van der Waals surface area contributed by atoms with Crippen molar-refractivity contribution in [2.45, 2.75) is 26.8 Å². The number of amides is 1. The molecule has 0 aliphatic heterocycles.